The van der Waals surface area contributed by atoms with Gasteiger partial charge in [0.25, 0.3) is 0 Å². The summed E-state index contributed by atoms with van der Waals surface area (Å²) < 4.78 is 37.9. The molecule has 0 aromatic carbocycles. The second-order valence-electron chi connectivity index (χ2n) is 7.01. The monoisotopic (exact) mass is 410 g/mol. The molecule has 0 saturated carbocycles. The van der Waals surface area contributed by atoms with E-state index in [2.05, 4.69) is 35.6 Å². The third kappa shape index (κ3) is 6.99. The van der Waals surface area contributed by atoms with Crippen molar-refractivity contribution in [2.24, 2.45) is 0 Å². The molecule has 29 heavy (non-hydrogen) atoms. The highest BCUT2D eigenvalue weighted by Crippen LogP contribution is 2.20. The number of halogens is 3. The molecule has 1 aliphatic rings. The van der Waals surface area contributed by atoms with E-state index in [0.29, 0.717) is 18.2 Å². The second-order valence-corrected chi connectivity index (χ2v) is 7.01. The van der Waals surface area contributed by atoms with Crippen LogP contribution in [-0.4, -0.2) is 50.7 Å². The molecule has 8 nitrogen and oxygen atoms in total. The van der Waals surface area contributed by atoms with Crippen molar-refractivity contribution < 1.29 is 13.2 Å². The zero-order valence-electron chi connectivity index (χ0n) is 16.3. The van der Waals surface area contributed by atoms with E-state index in [1.54, 1.807) is 12.4 Å². The minimum absolute atomic E-state index is 0.105. The van der Waals surface area contributed by atoms with Gasteiger partial charge >= 0.3 is 6.18 Å². The molecule has 0 radical (unpaired) electrons. The Hall–Kier alpha value is -2.72. The normalized spacial score (nSPS) is 15.5. The summed E-state index contributed by atoms with van der Waals surface area (Å²) in [6.07, 6.45) is 4.36. The molecule has 2 aromatic rings. The first-order chi connectivity index (χ1) is 13.9. The van der Waals surface area contributed by atoms with E-state index < -0.39 is 12.7 Å². The molecular weight excluding hydrogens is 385 g/mol. The van der Waals surface area contributed by atoms with Gasteiger partial charge < -0.3 is 15.5 Å². The standard InChI is InChI=1S/C18H25F3N8/c1-13-9-23-14(10-22-13)11-24-15-26-16(25-12-18(19,20)21)28-17(27-15)29-7-5-3-2-4-6-8-29/h9-10H,2-8,11-12H2,1H3,(H2,24,25,26,27,28). The number of alkyl halides is 3. The van der Waals surface area contributed by atoms with E-state index in [1.165, 1.54) is 6.42 Å². The van der Waals surface area contributed by atoms with Crippen LogP contribution in [0.25, 0.3) is 0 Å². The molecule has 11 heteroatoms. The summed E-state index contributed by atoms with van der Waals surface area (Å²) in [4.78, 5) is 23.2. The fraction of sp³-hybridized carbons (Fsp3) is 0.611. The number of hydrogen-bond acceptors (Lipinski definition) is 8. The lowest BCUT2D eigenvalue weighted by atomic mass is 10.1. The van der Waals surface area contributed by atoms with Gasteiger partial charge in [-0.05, 0) is 19.8 Å². The van der Waals surface area contributed by atoms with Crippen LogP contribution in [0.5, 0.6) is 0 Å². The lowest BCUT2D eigenvalue weighted by Gasteiger charge is -2.25. The first-order valence-electron chi connectivity index (χ1n) is 9.72. The number of aromatic nitrogens is 5. The Morgan fingerprint density at radius 3 is 2.17 bits per heavy atom. The quantitative estimate of drug-likeness (QED) is 0.749. The van der Waals surface area contributed by atoms with Crippen LogP contribution in [0.1, 0.15) is 43.5 Å². The van der Waals surface area contributed by atoms with E-state index in [0.717, 1.165) is 44.5 Å². The van der Waals surface area contributed by atoms with Crippen LogP contribution in [0.15, 0.2) is 12.4 Å². The maximum atomic E-state index is 12.6. The molecule has 0 atom stereocenters. The van der Waals surface area contributed by atoms with E-state index in [1.807, 2.05) is 11.8 Å². The zero-order valence-corrected chi connectivity index (χ0v) is 16.3. The number of nitrogens with zero attached hydrogens (tertiary/aromatic N) is 6. The van der Waals surface area contributed by atoms with Crippen molar-refractivity contribution in [1.29, 1.82) is 0 Å². The summed E-state index contributed by atoms with van der Waals surface area (Å²) >= 11 is 0. The predicted octanol–water partition coefficient (Wildman–Crippen LogP) is 3.33. The van der Waals surface area contributed by atoms with Crippen molar-refractivity contribution >= 4 is 17.8 Å². The third-order valence-corrected chi connectivity index (χ3v) is 4.47. The number of hydrogen-bond donors (Lipinski definition) is 2. The zero-order chi connectivity index (χ0) is 20.7. The lowest BCUT2D eigenvalue weighted by molar-refractivity contribution is -0.115. The molecule has 0 aliphatic carbocycles. The fourth-order valence-electron chi connectivity index (χ4n) is 2.97. The second kappa shape index (κ2) is 9.66. The number of aryl methyl sites for hydroxylation is 1. The molecule has 0 amide bonds. The molecular formula is C18H25F3N8. The van der Waals surface area contributed by atoms with Crippen LogP contribution in [0.3, 0.4) is 0 Å². The third-order valence-electron chi connectivity index (χ3n) is 4.47. The highest BCUT2D eigenvalue weighted by molar-refractivity contribution is 5.44. The highest BCUT2D eigenvalue weighted by atomic mass is 19.4. The summed E-state index contributed by atoms with van der Waals surface area (Å²) in [5, 5.41) is 5.27. The summed E-state index contributed by atoms with van der Waals surface area (Å²) in [6.45, 7) is 2.47. The van der Waals surface area contributed by atoms with Gasteiger partial charge in [0, 0.05) is 19.3 Å². The highest BCUT2D eigenvalue weighted by Gasteiger charge is 2.27. The van der Waals surface area contributed by atoms with Gasteiger partial charge in [-0.1, -0.05) is 19.3 Å². The number of nitrogens with one attached hydrogen (secondary N) is 2. The average Bonchev–Trinajstić information content (AvgIpc) is 2.65. The molecule has 1 saturated heterocycles. The topological polar surface area (TPSA) is 91.8 Å². The molecule has 2 N–H and O–H groups in total. The van der Waals surface area contributed by atoms with Crippen molar-refractivity contribution in [2.45, 2.75) is 51.7 Å². The molecule has 0 spiro atoms. The van der Waals surface area contributed by atoms with E-state index in [4.69, 9.17) is 0 Å². The van der Waals surface area contributed by atoms with E-state index in [9.17, 15) is 13.2 Å². The summed E-state index contributed by atoms with van der Waals surface area (Å²) in [5.74, 6) is 0.472. The first kappa shape index (κ1) is 21.0. The first-order valence-corrected chi connectivity index (χ1v) is 9.72. The minimum Gasteiger partial charge on any atom is -0.348 e. The SMILES string of the molecule is Cc1cnc(CNc2nc(NCC(F)(F)F)nc(N3CCCCCCC3)n2)cn1. The Labute approximate surface area is 167 Å². The van der Waals surface area contributed by atoms with Crippen molar-refractivity contribution in [2.75, 3.05) is 35.2 Å². The summed E-state index contributed by atoms with van der Waals surface area (Å²) in [7, 11) is 0. The molecule has 2 aromatic heterocycles. The van der Waals surface area contributed by atoms with Gasteiger partial charge in [0.15, 0.2) is 0 Å². The van der Waals surface area contributed by atoms with Crippen LogP contribution in [0.4, 0.5) is 31.0 Å². The Morgan fingerprint density at radius 2 is 1.55 bits per heavy atom. The smallest absolute Gasteiger partial charge is 0.348 e. The maximum Gasteiger partial charge on any atom is 0.405 e. The van der Waals surface area contributed by atoms with Gasteiger partial charge in [-0.2, -0.15) is 28.1 Å². The van der Waals surface area contributed by atoms with Gasteiger partial charge in [0.1, 0.15) is 6.54 Å². The Bertz CT molecular complexity index is 774. The van der Waals surface area contributed by atoms with Gasteiger partial charge in [-0.25, -0.2) is 0 Å². The maximum absolute atomic E-state index is 12.6. The molecule has 1 fully saturated rings. The van der Waals surface area contributed by atoms with Crippen LogP contribution < -0.4 is 15.5 Å². The molecule has 0 bridgehead atoms. The number of anilines is 3. The van der Waals surface area contributed by atoms with Gasteiger partial charge in [-0.3, -0.25) is 9.97 Å². The summed E-state index contributed by atoms with van der Waals surface area (Å²) in [5.41, 5.74) is 1.47. The van der Waals surface area contributed by atoms with Crippen molar-refractivity contribution in [1.82, 2.24) is 24.9 Å². The van der Waals surface area contributed by atoms with Gasteiger partial charge in [0.05, 0.1) is 24.1 Å². The van der Waals surface area contributed by atoms with Crippen LogP contribution in [-0.2, 0) is 6.54 Å². The summed E-state index contributed by atoms with van der Waals surface area (Å²) in [6, 6.07) is 0. The van der Waals surface area contributed by atoms with Crippen molar-refractivity contribution in [3.8, 4) is 0 Å². The molecule has 0 unspecified atom stereocenters. The molecule has 158 valence electrons. The largest absolute Gasteiger partial charge is 0.405 e. The molecule has 3 heterocycles. The van der Waals surface area contributed by atoms with Gasteiger partial charge in [-0.15, -0.1) is 0 Å². The van der Waals surface area contributed by atoms with Crippen LogP contribution in [0, 0.1) is 6.92 Å². The van der Waals surface area contributed by atoms with E-state index in [-0.39, 0.29) is 11.9 Å². The minimum atomic E-state index is -4.36. The molecule has 1 aliphatic heterocycles. The molecule has 3 rings (SSSR count). The Morgan fingerprint density at radius 1 is 0.897 bits per heavy atom. The predicted molar refractivity (Wildman–Crippen MR) is 104 cm³/mol. The fourth-order valence-corrected chi connectivity index (χ4v) is 2.97. The van der Waals surface area contributed by atoms with Crippen LogP contribution in [0.2, 0.25) is 0 Å². The van der Waals surface area contributed by atoms with E-state index >= 15 is 0 Å². The Kier molecular flexibility index (Phi) is 6.99. The average molecular weight is 410 g/mol. The van der Waals surface area contributed by atoms with Gasteiger partial charge in [0.2, 0.25) is 17.8 Å². The number of rotatable bonds is 6. The van der Waals surface area contributed by atoms with Crippen LogP contribution >= 0.6 is 0 Å². The lowest BCUT2D eigenvalue weighted by Crippen LogP contribution is -2.30. The Balaban J connectivity index is 1.77. The van der Waals surface area contributed by atoms with Crippen molar-refractivity contribution in [3.63, 3.8) is 0 Å². The van der Waals surface area contributed by atoms with Crippen molar-refractivity contribution in [3.05, 3.63) is 23.8 Å².